The quantitative estimate of drug-likeness (QED) is 0.229. The summed E-state index contributed by atoms with van der Waals surface area (Å²) in [6, 6.07) is 0. The highest BCUT2D eigenvalue weighted by Crippen LogP contribution is 1.67. The first-order valence-electron chi connectivity index (χ1n) is 2.31. The summed E-state index contributed by atoms with van der Waals surface area (Å²) in [4.78, 5) is 0. The molecule has 0 aliphatic rings. The van der Waals surface area contributed by atoms with Gasteiger partial charge < -0.3 is 4.74 Å². The van der Waals surface area contributed by atoms with Crippen LogP contribution in [0, 0.1) is 11.7 Å². The fourth-order valence-corrected chi connectivity index (χ4v) is 0.362. The van der Waals surface area contributed by atoms with Crippen LogP contribution in [-0.2, 0) is 4.74 Å². The molecule has 0 aliphatic heterocycles. The first-order valence-corrected chi connectivity index (χ1v) is 3.81. The van der Waals surface area contributed by atoms with Gasteiger partial charge >= 0.3 is 0 Å². The van der Waals surface area contributed by atoms with Crippen molar-refractivity contribution in [1.29, 1.82) is 0 Å². The monoisotopic (exact) mass is 124 g/mol. The van der Waals surface area contributed by atoms with Crippen molar-refractivity contribution in [2.75, 3.05) is 6.61 Å². The van der Waals surface area contributed by atoms with Crippen LogP contribution in [-0.4, -0.2) is 16.1 Å². The van der Waals surface area contributed by atoms with E-state index in [2.05, 4.69) is 18.2 Å². The molecule has 0 spiro atoms. The molecule has 8 heavy (non-hydrogen) atoms. The first kappa shape index (κ1) is 7.32. The van der Waals surface area contributed by atoms with Crippen LogP contribution in [0.15, 0.2) is 12.7 Å². The lowest BCUT2D eigenvalue weighted by Gasteiger charge is -1.84. The zero-order valence-corrected chi connectivity index (χ0v) is 5.90. The van der Waals surface area contributed by atoms with Gasteiger partial charge in [0.25, 0.3) is 0 Å². The molecule has 0 aliphatic carbocycles. The van der Waals surface area contributed by atoms with Crippen LogP contribution in [0.25, 0.3) is 0 Å². The summed E-state index contributed by atoms with van der Waals surface area (Å²) < 4.78 is 4.75. The lowest BCUT2D eigenvalue weighted by Crippen LogP contribution is -1.80. The minimum absolute atomic E-state index is 0.525. The fraction of sp³-hybridized carbons (Fsp3) is 0.333. The first-order chi connectivity index (χ1) is 3.91. The van der Waals surface area contributed by atoms with Crippen molar-refractivity contribution in [1.82, 2.24) is 0 Å². The van der Waals surface area contributed by atoms with E-state index >= 15 is 0 Å². The molecule has 2 heteroatoms. The highest BCUT2D eigenvalue weighted by molar-refractivity contribution is 6.44. The topological polar surface area (TPSA) is 9.23 Å². The van der Waals surface area contributed by atoms with Crippen LogP contribution < -0.4 is 0 Å². The number of rotatable bonds is 2. The molecule has 0 saturated carbocycles. The van der Waals surface area contributed by atoms with E-state index in [1.54, 1.807) is 6.08 Å². The molecule has 0 unspecified atom stereocenters. The molecule has 0 aromatic heterocycles. The Kier molecular flexibility index (Phi) is 5.78. The maximum absolute atomic E-state index is 4.75. The van der Waals surface area contributed by atoms with Gasteiger partial charge in [0, 0.05) is 0 Å². The summed E-state index contributed by atoms with van der Waals surface area (Å²) >= 11 is 0. The van der Waals surface area contributed by atoms with Gasteiger partial charge in [-0.05, 0) is 0 Å². The summed E-state index contributed by atoms with van der Waals surface area (Å²) in [5.41, 5.74) is 2.79. The van der Waals surface area contributed by atoms with E-state index in [1.807, 2.05) is 6.55 Å². The van der Waals surface area contributed by atoms with E-state index in [0.717, 1.165) is 0 Å². The summed E-state index contributed by atoms with van der Waals surface area (Å²) in [5, 5.41) is 0. The van der Waals surface area contributed by atoms with Crippen molar-refractivity contribution in [3.05, 3.63) is 12.7 Å². The number of ether oxygens (including phenoxy) is 1. The minimum Gasteiger partial charge on any atom is -0.443 e. The van der Waals surface area contributed by atoms with Crippen LogP contribution in [0.3, 0.4) is 0 Å². The molecule has 0 heterocycles. The molecule has 0 rings (SSSR count). The Morgan fingerprint density at radius 2 is 2.62 bits per heavy atom. The number of hydrogen-bond donors (Lipinski definition) is 0. The van der Waals surface area contributed by atoms with Gasteiger partial charge in [0.15, 0.2) is 0 Å². The van der Waals surface area contributed by atoms with Gasteiger partial charge in [0.05, 0.1) is 0 Å². The highest BCUT2D eigenvalue weighted by Gasteiger charge is 1.67. The zero-order valence-electron chi connectivity index (χ0n) is 4.90. The predicted octanol–water partition coefficient (Wildman–Crippen LogP) is 0.860. The van der Waals surface area contributed by atoms with Crippen LogP contribution in [0.2, 0.25) is 6.55 Å². The maximum Gasteiger partial charge on any atom is 0.149 e. The third-order valence-corrected chi connectivity index (χ3v) is 0.801. The van der Waals surface area contributed by atoms with Gasteiger partial charge in [-0.1, -0.05) is 24.7 Å². The standard InChI is InChI=1S/C6H8OSi/c1-3-4-7-5-6-8-2/h3H,1,4H2,2H3. The Hall–Kier alpha value is -0.683. The van der Waals surface area contributed by atoms with Gasteiger partial charge in [-0.25, -0.2) is 0 Å². The average molecular weight is 124 g/mol. The summed E-state index contributed by atoms with van der Waals surface area (Å²) in [6.45, 7) is 6.00. The second-order valence-electron chi connectivity index (χ2n) is 1.08. The van der Waals surface area contributed by atoms with E-state index in [4.69, 9.17) is 4.74 Å². The van der Waals surface area contributed by atoms with Crippen LogP contribution in [0.4, 0.5) is 0 Å². The van der Waals surface area contributed by atoms with Crippen molar-refractivity contribution in [2.24, 2.45) is 0 Å². The maximum atomic E-state index is 4.75. The molecule has 0 bridgehead atoms. The van der Waals surface area contributed by atoms with Crippen molar-refractivity contribution in [3.8, 4) is 11.7 Å². The smallest absolute Gasteiger partial charge is 0.149 e. The van der Waals surface area contributed by atoms with Crippen molar-refractivity contribution < 1.29 is 4.74 Å². The van der Waals surface area contributed by atoms with E-state index in [9.17, 15) is 0 Å². The summed E-state index contributed by atoms with van der Waals surface area (Å²) in [7, 11) is 0.649. The Balaban J connectivity index is 3.02. The normalized spacial score (nSPS) is 6.62. The molecule has 0 atom stereocenters. The second kappa shape index (κ2) is 6.32. The van der Waals surface area contributed by atoms with E-state index in [0.29, 0.717) is 16.1 Å². The Bertz CT molecular complexity index is 109. The molecule has 0 N–H and O–H groups in total. The lowest BCUT2D eigenvalue weighted by atomic mass is 10.7. The third-order valence-electron chi connectivity index (χ3n) is 0.449. The molecule has 42 valence electrons. The van der Waals surface area contributed by atoms with Crippen LogP contribution in [0.1, 0.15) is 0 Å². The minimum atomic E-state index is 0.525. The molecule has 2 radical (unpaired) electrons. The predicted molar refractivity (Wildman–Crippen MR) is 35.5 cm³/mol. The van der Waals surface area contributed by atoms with Crippen LogP contribution in [0.5, 0.6) is 0 Å². The van der Waals surface area contributed by atoms with E-state index in [-0.39, 0.29) is 0 Å². The average Bonchev–Trinajstić information content (AvgIpc) is 1.81. The second-order valence-corrected chi connectivity index (χ2v) is 1.83. The summed E-state index contributed by atoms with van der Waals surface area (Å²) in [6.07, 6.45) is 4.20. The highest BCUT2D eigenvalue weighted by atomic mass is 28.2. The number of hydrogen-bond acceptors (Lipinski definition) is 1. The zero-order chi connectivity index (χ0) is 6.24. The van der Waals surface area contributed by atoms with Gasteiger partial charge in [0.1, 0.15) is 22.2 Å². The molecule has 0 aromatic carbocycles. The fourth-order valence-electron chi connectivity index (χ4n) is 0.188. The van der Waals surface area contributed by atoms with Crippen LogP contribution >= 0.6 is 0 Å². The molecule has 0 amide bonds. The van der Waals surface area contributed by atoms with Gasteiger partial charge in [-0.2, -0.15) is 0 Å². The van der Waals surface area contributed by atoms with E-state index in [1.165, 1.54) is 0 Å². The SMILES string of the molecule is C=CCOC#C[Si]C. The largest absolute Gasteiger partial charge is 0.443 e. The lowest BCUT2D eigenvalue weighted by molar-refractivity contribution is 0.321. The molecular formula is C6H8OSi. The summed E-state index contributed by atoms with van der Waals surface area (Å²) in [5.74, 6) is 0. The Morgan fingerprint density at radius 3 is 3.12 bits per heavy atom. The van der Waals surface area contributed by atoms with Crippen molar-refractivity contribution in [3.63, 3.8) is 0 Å². The third kappa shape index (κ3) is 5.32. The van der Waals surface area contributed by atoms with Gasteiger partial charge in [0.2, 0.25) is 0 Å². The van der Waals surface area contributed by atoms with Crippen molar-refractivity contribution in [2.45, 2.75) is 6.55 Å². The molecule has 0 aromatic rings. The van der Waals surface area contributed by atoms with Crippen molar-refractivity contribution >= 4 is 9.52 Å². The van der Waals surface area contributed by atoms with Gasteiger partial charge in [-0.3, -0.25) is 0 Å². The Morgan fingerprint density at radius 1 is 1.88 bits per heavy atom. The van der Waals surface area contributed by atoms with E-state index < -0.39 is 0 Å². The molecule has 1 nitrogen and oxygen atoms in total. The Labute approximate surface area is 52.6 Å². The molecular weight excluding hydrogens is 116 g/mol. The van der Waals surface area contributed by atoms with Gasteiger partial charge in [-0.15, -0.1) is 0 Å². The molecule has 0 fully saturated rings. The molecule has 0 saturated heterocycles.